The molecule has 5 N–H and O–H groups in total. The van der Waals surface area contributed by atoms with Crippen LogP contribution >= 0.6 is 0 Å². The minimum absolute atomic E-state index is 0.0424. The molecule has 43 heavy (non-hydrogen) atoms. The molecule has 3 aliphatic rings. The molecular formula is C31H55N5O6S. The SMILES string of the molecule is CC(C)C(NC(=O)N[C@H](C(=O)N(C)[C@H](C(=O)NC(CC(N)=O)CC1CCC1)C1CC1(C)C)C(C)(C)C)C1CCCS1(=O)=O. The van der Waals surface area contributed by atoms with E-state index in [0.29, 0.717) is 25.2 Å². The highest BCUT2D eigenvalue weighted by Gasteiger charge is 2.55. The summed E-state index contributed by atoms with van der Waals surface area (Å²) in [6.45, 7) is 13.4. The van der Waals surface area contributed by atoms with E-state index in [1.807, 2.05) is 34.6 Å². The Morgan fingerprint density at radius 2 is 1.60 bits per heavy atom. The molecule has 3 fully saturated rings. The first-order valence-electron chi connectivity index (χ1n) is 15.9. The molecule has 5 amide bonds. The minimum atomic E-state index is -3.31. The lowest BCUT2D eigenvalue weighted by Crippen LogP contribution is -2.62. The van der Waals surface area contributed by atoms with Crippen LogP contribution < -0.4 is 21.7 Å². The highest BCUT2D eigenvalue weighted by atomic mass is 32.2. The van der Waals surface area contributed by atoms with E-state index in [2.05, 4.69) is 29.8 Å². The maximum Gasteiger partial charge on any atom is 0.315 e. The quantitative estimate of drug-likeness (QED) is 0.245. The second-order valence-corrected chi connectivity index (χ2v) is 17.7. The molecule has 0 radical (unpaired) electrons. The van der Waals surface area contributed by atoms with Crippen molar-refractivity contribution < 1.29 is 27.6 Å². The predicted octanol–water partition coefficient (Wildman–Crippen LogP) is 2.73. The maximum atomic E-state index is 14.1. The largest absolute Gasteiger partial charge is 0.370 e. The molecule has 12 heteroatoms. The zero-order valence-corrected chi connectivity index (χ0v) is 28.2. The normalized spacial score (nSPS) is 25.5. The van der Waals surface area contributed by atoms with E-state index in [-0.39, 0.29) is 35.3 Å². The van der Waals surface area contributed by atoms with Gasteiger partial charge in [0.25, 0.3) is 0 Å². The zero-order chi connectivity index (χ0) is 32.5. The molecule has 2 aliphatic carbocycles. The standard InChI is InChI=1S/C31H55N5O6S/c1-18(2)24(22-13-10-14-43(22,41)42)34-29(40)35-26(30(3,4)5)28(39)36(8)25(21-17-31(21,6)7)27(38)33-20(16-23(32)37)15-19-11-9-12-19/h18-22,24-26H,9-17H2,1-8H3,(H2,32,37)(H,33,38)(H2,34,35,40)/t20?,21?,22?,24?,25-,26+/m0/s1. The van der Waals surface area contributed by atoms with Gasteiger partial charge in [0.15, 0.2) is 9.84 Å². The third kappa shape index (κ3) is 8.85. The van der Waals surface area contributed by atoms with E-state index < -0.39 is 62.5 Å². The molecule has 0 spiro atoms. The molecule has 1 aliphatic heterocycles. The van der Waals surface area contributed by atoms with Crippen LogP contribution in [0.2, 0.25) is 0 Å². The Hall–Kier alpha value is -2.37. The number of primary amides is 1. The number of nitrogens with two attached hydrogens (primary N) is 1. The number of nitrogens with zero attached hydrogens (tertiary/aromatic N) is 1. The van der Waals surface area contributed by atoms with Crippen LogP contribution in [0.15, 0.2) is 0 Å². The number of urea groups is 1. The Kier molecular flexibility index (Phi) is 10.9. The monoisotopic (exact) mass is 625 g/mol. The van der Waals surface area contributed by atoms with E-state index in [9.17, 15) is 27.6 Å². The second kappa shape index (κ2) is 13.3. The fraction of sp³-hybridized carbons (Fsp3) is 0.871. The Labute approximate surface area is 258 Å². The molecule has 2 saturated carbocycles. The summed E-state index contributed by atoms with van der Waals surface area (Å²) in [4.78, 5) is 54.6. The van der Waals surface area contributed by atoms with Crippen molar-refractivity contribution in [2.24, 2.45) is 34.3 Å². The number of likely N-dealkylation sites (N-methyl/N-ethyl adjacent to an activating group) is 1. The van der Waals surface area contributed by atoms with Gasteiger partial charge in [-0.25, -0.2) is 13.2 Å². The molecule has 6 atom stereocenters. The summed E-state index contributed by atoms with van der Waals surface area (Å²) in [6.07, 6.45) is 5.79. The average molecular weight is 626 g/mol. The van der Waals surface area contributed by atoms with Gasteiger partial charge in [-0.2, -0.15) is 0 Å². The fourth-order valence-electron chi connectivity index (χ4n) is 6.75. The molecule has 11 nitrogen and oxygen atoms in total. The van der Waals surface area contributed by atoms with Gasteiger partial charge in [-0.1, -0.05) is 67.7 Å². The van der Waals surface area contributed by atoms with Crippen molar-refractivity contribution >= 4 is 33.6 Å². The molecular weight excluding hydrogens is 570 g/mol. The summed E-state index contributed by atoms with van der Waals surface area (Å²) >= 11 is 0. The first kappa shape index (κ1) is 35.1. The lowest BCUT2D eigenvalue weighted by molar-refractivity contribution is -0.143. The molecule has 0 aromatic rings. The lowest BCUT2D eigenvalue weighted by Gasteiger charge is -2.38. The van der Waals surface area contributed by atoms with Crippen LogP contribution in [0.4, 0.5) is 4.79 Å². The first-order chi connectivity index (χ1) is 19.7. The molecule has 246 valence electrons. The fourth-order valence-corrected chi connectivity index (χ4v) is 8.98. The van der Waals surface area contributed by atoms with Crippen molar-refractivity contribution in [1.29, 1.82) is 0 Å². The van der Waals surface area contributed by atoms with Crippen LogP contribution in [-0.2, 0) is 24.2 Å². The Bertz CT molecular complexity index is 1160. The molecule has 1 saturated heterocycles. The summed E-state index contributed by atoms with van der Waals surface area (Å²) in [7, 11) is -1.72. The van der Waals surface area contributed by atoms with Crippen molar-refractivity contribution in [2.75, 3.05) is 12.8 Å². The third-order valence-electron chi connectivity index (χ3n) is 9.82. The lowest BCUT2D eigenvalue weighted by atomic mass is 9.80. The Balaban J connectivity index is 1.79. The van der Waals surface area contributed by atoms with Gasteiger partial charge in [-0.05, 0) is 54.3 Å². The van der Waals surface area contributed by atoms with Crippen LogP contribution in [0.5, 0.6) is 0 Å². The van der Waals surface area contributed by atoms with Crippen molar-refractivity contribution in [3.05, 3.63) is 0 Å². The Morgan fingerprint density at radius 3 is 2.02 bits per heavy atom. The van der Waals surface area contributed by atoms with E-state index in [1.54, 1.807) is 7.05 Å². The van der Waals surface area contributed by atoms with E-state index in [4.69, 9.17) is 5.73 Å². The number of nitrogens with one attached hydrogen (secondary N) is 3. The van der Waals surface area contributed by atoms with Crippen LogP contribution in [0.1, 0.15) is 99.8 Å². The first-order valence-corrected chi connectivity index (χ1v) is 17.6. The topological polar surface area (TPSA) is 168 Å². The summed E-state index contributed by atoms with van der Waals surface area (Å²) in [5.74, 6) is -0.876. The number of carbonyl (C=O) groups is 4. The average Bonchev–Trinajstić information content (AvgIpc) is 3.30. The van der Waals surface area contributed by atoms with Crippen LogP contribution in [0, 0.1) is 28.6 Å². The molecule has 0 aromatic carbocycles. The van der Waals surface area contributed by atoms with E-state index >= 15 is 0 Å². The van der Waals surface area contributed by atoms with Crippen molar-refractivity contribution in [3.8, 4) is 0 Å². The van der Waals surface area contributed by atoms with Gasteiger partial charge in [0, 0.05) is 25.6 Å². The molecule has 0 aromatic heterocycles. The smallest absolute Gasteiger partial charge is 0.315 e. The van der Waals surface area contributed by atoms with Gasteiger partial charge in [0.2, 0.25) is 17.7 Å². The molecule has 4 unspecified atom stereocenters. The molecule has 1 heterocycles. The summed E-state index contributed by atoms with van der Waals surface area (Å²) < 4.78 is 25.3. The number of amides is 5. The second-order valence-electron chi connectivity index (χ2n) is 15.3. The number of hydrogen-bond acceptors (Lipinski definition) is 6. The van der Waals surface area contributed by atoms with Crippen molar-refractivity contribution in [3.63, 3.8) is 0 Å². The van der Waals surface area contributed by atoms with Gasteiger partial charge in [-0.15, -0.1) is 0 Å². The minimum Gasteiger partial charge on any atom is -0.370 e. The summed E-state index contributed by atoms with van der Waals surface area (Å²) in [5.41, 5.74) is 4.65. The van der Waals surface area contributed by atoms with Gasteiger partial charge in [0.1, 0.15) is 12.1 Å². The van der Waals surface area contributed by atoms with Crippen molar-refractivity contribution in [1.82, 2.24) is 20.9 Å². The highest BCUT2D eigenvalue weighted by Crippen LogP contribution is 2.54. The zero-order valence-electron chi connectivity index (χ0n) is 27.4. The van der Waals surface area contributed by atoms with Gasteiger partial charge in [-0.3, -0.25) is 14.4 Å². The number of rotatable bonds is 13. The maximum absolute atomic E-state index is 14.1. The van der Waals surface area contributed by atoms with Gasteiger partial charge < -0.3 is 26.6 Å². The Morgan fingerprint density at radius 1 is 1.00 bits per heavy atom. The highest BCUT2D eigenvalue weighted by molar-refractivity contribution is 7.92. The predicted molar refractivity (Wildman–Crippen MR) is 166 cm³/mol. The summed E-state index contributed by atoms with van der Waals surface area (Å²) in [5, 5.41) is 8.07. The van der Waals surface area contributed by atoms with Gasteiger partial charge >= 0.3 is 6.03 Å². The van der Waals surface area contributed by atoms with Crippen LogP contribution in [0.25, 0.3) is 0 Å². The number of hydrogen-bond donors (Lipinski definition) is 4. The number of sulfone groups is 1. The van der Waals surface area contributed by atoms with E-state index in [1.165, 1.54) is 4.90 Å². The molecule has 0 bridgehead atoms. The van der Waals surface area contributed by atoms with E-state index in [0.717, 1.165) is 25.7 Å². The van der Waals surface area contributed by atoms with Crippen molar-refractivity contribution in [2.45, 2.75) is 129 Å². The number of carbonyl (C=O) groups excluding carboxylic acids is 4. The molecule has 3 rings (SSSR count). The third-order valence-corrected chi connectivity index (χ3v) is 12.1. The van der Waals surface area contributed by atoms with Gasteiger partial charge in [0.05, 0.1) is 11.0 Å². The van der Waals surface area contributed by atoms with Crippen LogP contribution in [-0.4, -0.2) is 79.3 Å². The van der Waals surface area contributed by atoms with Crippen LogP contribution in [0.3, 0.4) is 0 Å². The summed E-state index contributed by atoms with van der Waals surface area (Å²) in [6, 6.07) is -3.38.